The normalized spacial score (nSPS) is 30.1. The zero-order chi connectivity index (χ0) is 12.4. The van der Waals surface area contributed by atoms with Crippen LogP contribution in [0, 0.1) is 17.8 Å². The molecule has 3 nitrogen and oxygen atoms in total. The molecule has 92 valence electrons. The third-order valence-electron chi connectivity index (χ3n) is 3.71. The number of aliphatic carboxylic acids is 1. The summed E-state index contributed by atoms with van der Waals surface area (Å²) in [6.07, 6.45) is 0.791. The van der Waals surface area contributed by atoms with Gasteiger partial charge in [0.15, 0.2) is 0 Å². The molecule has 0 aromatic heterocycles. The summed E-state index contributed by atoms with van der Waals surface area (Å²) in [5.41, 5.74) is 0.817. The van der Waals surface area contributed by atoms with Gasteiger partial charge in [0.2, 0.25) is 0 Å². The topological polar surface area (TPSA) is 57.5 Å². The van der Waals surface area contributed by atoms with Gasteiger partial charge in [0.05, 0.1) is 12.0 Å². The Balaban J connectivity index is 2.18. The van der Waals surface area contributed by atoms with Crippen molar-refractivity contribution in [2.75, 3.05) is 0 Å². The Morgan fingerprint density at radius 3 is 2.53 bits per heavy atom. The van der Waals surface area contributed by atoms with Gasteiger partial charge in [0.1, 0.15) is 0 Å². The van der Waals surface area contributed by atoms with Crippen molar-refractivity contribution in [1.29, 1.82) is 0 Å². The van der Waals surface area contributed by atoms with Crippen LogP contribution in [0.3, 0.4) is 0 Å². The molecule has 3 heteroatoms. The number of hydrogen-bond donors (Lipinski definition) is 2. The monoisotopic (exact) mass is 234 g/mol. The van der Waals surface area contributed by atoms with E-state index in [2.05, 4.69) is 0 Å². The van der Waals surface area contributed by atoms with Gasteiger partial charge in [-0.3, -0.25) is 4.79 Å². The van der Waals surface area contributed by atoms with E-state index < -0.39 is 18.0 Å². The van der Waals surface area contributed by atoms with Gasteiger partial charge >= 0.3 is 5.97 Å². The summed E-state index contributed by atoms with van der Waals surface area (Å²) in [7, 11) is 0. The van der Waals surface area contributed by atoms with Crippen LogP contribution in [0.25, 0.3) is 0 Å². The van der Waals surface area contributed by atoms with Crippen molar-refractivity contribution in [2.45, 2.75) is 25.9 Å². The van der Waals surface area contributed by atoms with Crippen molar-refractivity contribution < 1.29 is 15.0 Å². The van der Waals surface area contributed by atoms with E-state index >= 15 is 0 Å². The highest BCUT2D eigenvalue weighted by molar-refractivity contribution is 5.71. The molecule has 1 fully saturated rings. The van der Waals surface area contributed by atoms with Crippen LogP contribution in [0.5, 0.6) is 0 Å². The molecule has 0 aliphatic heterocycles. The molecule has 0 heterocycles. The molecular formula is C14H18O3. The Morgan fingerprint density at radius 1 is 1.29 bits per heavy atom. The number of carboxylic acid groups (broad SMARTS) is 1. The minimum Gasteiger partial charge on any atom is -0.481 e. The molecule has 4 atom stereocenters. The zero-order valence-corrected chi connectivity index (χ0v) is 9.91. The number of carboxylic acids is 1. The highest BCUT2D eigenvalue weighted by Crippen LogP contribution is 2.43. The first-order valence-corrected chi connectivity index (χ1v) is 6.05. The van der Waals surface area contributed by atoms with Crippen LogP contribution < -0.4 is 0 Å². The van der Waals surface area contributed by atoms with E-state index in [-0.39, 0.29) is 5.92 Å². The van der Waals surface area contributed by atoms with Gasteiger partial charge in [-0.15, -0.1) is 0 Å². The Labute approximate surface area is 101 Å². The second-order valence-corrected chi connectivity index (χ2v) is 5.04. The summed E-state index contributed by atoms with van der Waals surface area (Å²) >= 11 is 0. The van der Waals surface area contributed by atoms with E-state index in [1.807, 2.05) is 37.3 Å². The van der Waals surface area contributed by atoms with Crippen LogP contribution in [-0.2, 0) is 4.79 Å². The number of benzene rings is 1. The van der Waals surface area contributed by atoms with Crippen molar-refractivity contribution in [3.63, 3.8) is 0 Å². The predicted octanol–water partition coefficient (Wildman–Crippen LogP) is 2.47. The smallest absolute Gasteiger partial charge is 0.306 e. The number of aliphatic hydroxyl groups excluding tert-OH is 1. The first-order chi connectivity index (χ1) is 8.09. The molecule has 1 aromatic carbocycles. The first kappa shape index (κ1) is 12.1. The molecule has 1 aromatic rings. The van der Waals surface area contributed by atoms with Crippen molar-refractivity contribution in [2.24, 2.45) is 17.8 Å². The molecule has 0 bridgehead atoms. The van der Waals surface area contributed by atoms with Crippen molar-refractivity contribution in [3.05, 3.63) is 35.9 Å². The van der Waals surface area contributed by atoms with Gasteiger partial charge in [0.25, 0.3) is 0 Å². The standard InChI is InChI=1S/C14H18O3/c1-9-7-11(12(8-9)14(16)17)13(15)10-5-3-2-4-6-10/h2-6,9,11-13,15H,7-8H2,1H3,(H,16,17). The maximum Gasteiger partial charge on any atom is 0.306 e. The lowest BCUT2D eigenvalue weighted by molar-refractivity contribution is -0.144. The quantitative estimate of drug-likeness (QED) is 0.844. The SMILES string of the molecule is CC1CC(C(=O)O)C(C(O)c2ccccc2)C1. The summed E-state index contributed by atoms with van der Waals surface area (Å²) in [6.45, 7) is 2.05. The second-order valence-electron chi connectivity index (χ2n) is 5.04. The lowest BCUT2D eigenvalue weighted by atomic mass is 9.87. The lowest BCUT2D eigenvalue weighted by Gasteiger charge is -2.22. The third-order valence-corrected chi connectivity index (χ3v) is 3.71. The maximum absolute atomic E-state index is 11.2. The van der Waals surface area contributed by atoms with E-state index in [0.29, 0.717) is 12.3 Å². The highest BCUT2D eigenvalue weighted by atomic mass is 16.4. The summed E-state index contributed by atoms with van der Waals surface area (Å²) in [5.74, 6) is -0.987. The fourth-order valence-electron chi connectivity index (χ4n) is 2.86. The van der Waals surface area contributed by atoms with Crippen LogP contribution in [0.2, 0.25) is 0 Å². The lowest BCUT2D eigenvalue weighted by Crippen LogP contribution is -2.23. The van der Waals surface area contributed by atoms with Gasteiger partial charge in [0, 0.05) is 5.92 Å². The minimum absolute atomic E-state index is 0.162. The molecule has 1 aliphatic carbocycles. The Bertz CT molecular complexity index is 388. The first-order valence-electron chi connectivity index (χ1n) is 6.05. The zero-order valence-electron chi connectivity index (χ0n) is 9.91. The largest absolute Gasteiger partial charge is 0.481 e. The van der Waals surface area contributed by atoms with Crippen molar-refractivity contribution in [3.8, 4) is 0 Å². The van der Waals surface area contributed by atoms with Gasteiger partial charge < -0.3 is 10.2 Å². The Morgan fingerprint density at radius 2 is 1.94 bits per heavy atom. The van der Waals surface area contributed by atoms with Crippen LogP contribution >= 0.6 is 0 Å². The van der Waals surface area contributed by atoms with Gasteiger partial charge in [-0.05, 0) is 24.3 Å². The van der Waals surface area contributed by atoms with E-state index in [4.69, 9.17) is 0 Å². The van der Waals surface area contributed by atoms with Crippen LogP contribution in [0.15, 0.2) is 30.3 Å². The number of aliphatic hydroxyl groups is 1. The molecule has 4 unspecified atom stereocenters. The van der Waals surface area contributed by atoms with E-state index in [1.165, 1.54) is 0 Å². The van der Waals surface area contributed by atoms with Gasteiger partial charge in [-0.1, -0.05) is 37.3 Å². The van der Waals surface area contributed by atoms with Crippen LogP contribution in [0.4, 0.5) is 0 Å². The van der Waals surface area contributed by atoms with Gasteiger partial charge in [-0.25, -0.2) is 0 Å². The fraction of sp³-hybridized carbons (Fsp3) is 0.500. The molecule has 1 aliphatic rings. The summed E-state index contributed by atoms with van der Waals surface area (Å²) < 4.78 is 0. The molecule has 0 radical (unpaired) electrons. The maximum atomic E-state index is 11.2. The molecular weight excluding hydrogens is 216 g/mol. The predicted molar refractivity (Wildman–Crippen MR) is 64.4 cm³/mol. The molecule has 0 spiro atoms. The molecule has 0 saturated heterocycles. The second kappa shape index (κ2) is 4.88. The number of rotatable bonds is 3. The average molecular weight is 234 g/mol. The molecule has 2 rings (SSSR count). The van der Waals surface area contributed by atoms with Crippen molar-refractivity contribution in [1.82, 2.24) is 0 Å². The summed E-state index contributed by atoms with van der Waals surface area (Å²) in [5, 5.41) is 19.5. The van der Waals surface area contributed by atoms with E-state index in [1.54, 1.807) is 0 Å². The molecule has 2 N–H and O–H groups in total. The van der Waals surface area contributed by atoms with E-state index in [0.717, 1.165) is 12.0 Å². The number of carbonyl (C=O) groups is 1. The Hall–Kier alpha value is -1.35. The Kier molecular flexibility index (Phi) is 3.48. The summed E-state index contributed by atoms with van der Waals surface area (Å²) in [4.78, 5) is 11.2. The number of hydrogen-bond acceptors (Lipinski definition) is 2. The third kappa shape index (κ3) is 2.50. The molecule has 1 saturated carbocycles. The van der Waals surface area contributed by atoms with E-state index in [9.17, 15) is 15.0 Å². The van der Waals surface area contributed by atoms with Gasteiger partial charge in [-0.2, -0.15) is 0 Å². The average Bonchev–Trinajstić information content (AvgIpc) is 2.72. The van der Waals surface area contributed by atoms with Crippen LogP contribution in [-0.4, -0.2) is 16.2 Å². The molecule has 17 heavy (non-hydrogen) atoms. The van der Waals surface area contributed by atoms with Crippen LogP contribution in [0.1, 0.15) is 31.4 Å². The molecule has 0 amide bonds. The minimum atomic E-state index is -0.783. The fourth-order valence-corrected chi connectivity index (χ4v) is 2.86. The highest BCUT2D eigenvalue weighted by Gasteiger charge is 2.41. The van der Waals surface area contributed by atoms with Crippen molar-refractivity contribution >= 4 is 5.97 Å². The summed E-state index contributed by atoms with van der Waals surface area (Å²) in [6, 6.07) is 9.33.